The third-order valence-electron chi connectivity index (χ3n) is 15.5. The summed E-state index contributed by atoms with van der Waals surface area (Å²) >= 11 is 0. The average Bonchev–Trinajstić information content (AvgIpc) is 3.41. The molecule has 0 aromatic carbocycles. The summed E-state index contributed by atoms with van der Waals surface area (Å²) in [6.07, 6.45) is 17.6. The molecular formula is C40H64N2O5. The second kappa shape index (κ2) is 13.3. The molecule has 5 aliphatic carbocycles. The first-order valence-electron chi connectivity index (χ1n) is 18.8. The molecular weight excluding hydrogens is 588 g/mol. The van der Waals surface area contributed by atoms with Gasteiger partial charge in [-0.25, -0.2) is 0 Å². The maximum Gasteiger partial charge on any atom is 0.322 e. The van der Waals surface area contributed by atoms with Crippen LogP contribution in [0.1, 0.15) is 131 Å². The Morgan fingerprint density at radius 2 is 1.57 bits per heavy atom. The van der Waals surface area contributed by atoms with E-state index in [0.29, 0.717) is 36.1 Å². The summed E-state index contributed by atoms with van der Waals surface area (Å²) in [5.41, 5.74) is 1.58. The molecule has 47 heavy (non-hydrogen) atoms. The van der Waals surface area contributed by atoms with Crippen LogP contribution < -0.4 is 10.6 Å². The number of aliphatic hydroxyl groups excluding tert-OH is 1. The fourth-order valence-corrected chi connectivity index (χ4v) is 12.9. The number of hydrogen-bond acceptors (Lipinski definition) is 4. The standard InChI is InChI=1S/C40H64N2O5/c1-26(2)27-16-21-40(35(47)41-24-12-10-8-9-11-13-32(44)42-25-33(45)46)23-22-38(6)28(34(27)40)14-15-30-37(5)19-18-31(43)36(3,4)29(37)17-20-39(30,38)7/h11,13,27-31,34,43H,1,8-10,12,14-25H2,2-7H3,(H,41,47)(H,42,44)(H,45,46)/b13-11+/t27-,28+,29-,30+,31-,34+,37-,38+,39+,40-/m0/s1. The summed E-state index contributed by atoms with van der Waals surface area (Å²) < 4.78 is 0. The molecule has 5 saturated carbocycles. The van der Waals surface area contributed by atoms with E-state index in [9.17, 15) is 19.5 Å². The average molecular weight is 653 g/mol. The number of carbonyl (C=O) groups is 3. The van der Waals surface area contributed by atoms with E-state index < -0.39 is 5.97 Å². The summed E-state index contributed by atoms with van der Waals surface area (Å²) in [6, 6.07) is 0. The van der Waals surface area contributed by atoms with Crippen LogP contribution in [0.3, 0.4) is 0 Å². The Labute approximate surface area is 284 Å². The number of aliphatic carboxylic acids is 1. The van der Waals surface area contributed by atoms with E-state index in [1.54, 1.807) is 6.08 Å². The highest BCUT2D eigenvalue weighted by molar-refractivity contribution is 5.89. The number of unbranched alkanes of at least 4 members (excludes halogenated alkanes) is 3. The topological polar surface area (TPSA) is 116 Å². The van der Waals surface area contributed by atoms with Crippen LogP contribution in [-0.2, 0) is 14.4 Å². The molecule has 5 aliphatic rings. The van der Waals surface area contributed by atoms with E-state index in [1.807, 2.05) is 0 Å². The zero-order valence-corrected chi connectivity index (χ0v) is 30.3. The third kappa shape index (κ3) is 6.03. The fourth-order valence-electron chi connectivity index (χ4n) is 12.9. The fraction of sp³-hybridized carbons (Fsp3) is 0.825. The normalized spacial score (nSPS) is 42.0. The lowest BCUT2D eigenvalue weighted by atomic mass is 9.32. The van der Waals surface area contributed by atoms with Crippen LogP contribution in [0.15, 0.2) is 24.3 Å². The van der Waals surface area contributed by atoms with Gasteiger partial charge in [-0.3, -0.25) is 14.4 Å². The number of carbonyl (C=O) groups excluding carboxylic acids is 2. The molecule has 0 spiro atoms. The molecule has 0 saturated heterocycles. The maximum absolute atomic E-state index is 14.3. The molecule has 0 aromatic heterocycles. The van der Waals surface area contributed by atoms with Gasteiger partial charge in [-0.1, -0.05) is 59.3 Å². The number of carboxylic acids is 1. The van der Waals surface area contributed by atoms with Crippen LogP contribution >= 0.6 is 0 Å². The van der Waals surface area contributed by atoms with Gasteiger partial charge < -0.3 is 20.8 Å². The third-order valence-corrected chi connectivity index (χ3v) is 15.5. The predicted molar refractivity (Wildman–Crippen MR) is 186 cm³/mol. The molecule has 0 bridgehead atoms. The van der Waals surface area contributed by atoms with Crippen molar-refractivity contribution >= 4 is 17.8 Å². The summed E-state index contributed by atoms with van der Waals surface area (Å²) in [7, 11) is 0. The lowest BCUT2D eigenvalue weighted by molar-refractivity contribution is -0.246. The largest absolute Gasteiger partial charge is 0.480 e. The van der Waals surface area contributed by atoms with E-state index in [2.05, 4.69) is 58.8 Å². The second-order valence-electron chi connectivity index (χ2n) is 17.8. The van der Waals surface area contributed by atoms with E-state index in [1.165, 1.54) is 37.3 Å². The van der Waals surface area contributed by atoms with Crippen LogP contribution in [0.2, 0.25) is 0 Å². The first kappa shape index (κ1) is 36.1. The number of aliphatic hydroxyl groups is 1. The number of nitrogens with one attached hydrogen (secondary N) is 2. The van der Waals surface area contributed by atoms with E-state index in [4.69, 9.17) is 5.11 Å². The molecule has 264 valence electrons. The smallest absolute Gasteiger partial charge is 0.322 e. The molecule has 5 rings (SSSR count). The predicted octanol–water partition coefficient (Wildman–Crippen LogP) is 7.44. The van der Waals surface area contributed by atoms with E-state index in [0.717, 1.165) is 64.2 Å². The Hall–Kier alpha value is -2.15. The van der Waals surface area contributed by atoms with Gasteiger partial charge in [-0.15, -0.1) is 0 Å². The Morgan fingerprint density at radius 3 is 2.28 bits per heavy atom. The second-order valence-corrected chi connectivity index (χ2v) is 17.8. The highest BCUT2D eigenvalue weighted by Crippen LogP contribution is 2.77. The monoisotopic (exact) mass is 652 g/mol. The Kier molecular flexibility index (Phi) is 10.2. The molecule has 0 radical (unpaired) electrons. The molecule has 5 fully saturated rings. The first-order valence-corrected chi connectivity index (χ1v) is 18.8. The Balaban J connectivity index is 1.25. The SMILES string of the molecule is C=C(C)[C@@H]1CC[C@]2(C(=O)NCCCCC/C=C/C(=O)NCC(=O)O)CC[C@]3(C)[C@H](CC[C@@H]4[C@@]5(C)CC[C@H](O)C(C)(C)[C@@H]5CC[C@]43C)[C@@H]12. The van der Waals surface area contributed by atoms with Crippen molar-refractivity contribution in [2.24, 2.45) is 56.7 Å². The van der Waals surface area contributed by atoms with Gasteiger partial charge in [0.25, 0.3) is 0 Å². The van der Waals surface area contributed by atoms with Gasteiger partial charge in [0.05, 0.1) is 11.5 Å². The molecule has 0 unspecified atom stereocenters. The minimum Gasteiger partial charge on any atom is -0.480 e. The van der Waals surface area contributed by atoms with Crippen molar-refractivity contribution in [2.45, 2.75) is 138 Å². The molecule has 7 nitrogen and oxygen atoms in total. The molecule has 0 heterocycles. The minimum atomic E-state index is -1.06. The van der Waals surface area contributed by atoms with Crippen LogP contribution in [0.4, 0.5) is 0 Å². The van der Waals surface area contributed by atoms with Gasteiger partial charge in [0.2, 0.25) is 11.8 Å². The van der Waals surface area contributed by atoms with Gasteiger partial charge in [0.1, 0.15) is 6.54 Å². The van der Waals surface area contributed by atoms with E-state index in [-0.39, 0.29) is 51.5 Å². The summed E-state index contributed by atoms with van der Waals surface area (Å²) in [5.74, 6) is 1.32. The molecule has 0 aromatic rings. The number of allylic oxidation sites excluding steroid dienone is 2. The Bertz CT molecular complexity index is 1260. The number of hydrogen-bond donors (Lipinski definition) is 4. The van der Waals surface area contributed by atoms with Crippen molar-refractivity contribution in [1.29, 1.82) is 0 Å². The van der Waals surface area contributed by atoms with Crippen molar-refractivity contribution in [1.82, 2.24) is 10.6 Å². The van der Waals surface area contributed by atoms with Crippen LogP contribution in [0, 0.1) is 56.7 Å². The van der Waals surface area contributed by atoms with Crippen LogP contribution in [-0.4, -0.2) is 47.2 Å². The number of rotatable bonds is 11. The van der Waals surface area contributed by atoms with Crippen molar-refractivity contribution in [3.63, 3.8) is 0 Å². The minimum absolute atomic E-state index is 0.0427. The molecule has 10 atom stereocenters. The van der Waals surface area contributed by atoms with Gasteiger partial charge in [-0.05, 0) is 148 Å². The van der Waals surface area contributed by atoms with Crippen molar-refractivity contribution in [2.75, 3.05) is 13.1 Å². The summed E-state index contributed by atoms with van der Waals surface area (Å²) in [4.78, 5) is 36.5. The van der Waals surface area contributed by atoms with Gasteiger partial charge in [0, 0.05) is 6.54 Å². The highest BCUT2D eigenvalue weighted by atomic mass is 16.4. The molecule has 7 heteroatoms. The number of carboxylic acid groups (broad SMARTS) is 1. The maximum atomic E-state index is 14.3. The lowest BCUT2D eigenvalue weighted by Crippen LogP contribution is -2.67. The summed E-state index contributed by atoms with van der Waals surface area (Å²) in [6.45, 7) is 19.5. The number of fused-ring (bicyclic) bond motifs is 7. The molecule has 0 aliphatic heterocycles. The molecule has 2 amide bonds. The quantitative estimate of drug-likeness (QED) is 0.105. The van der Waals surface area contributed by atoms with Crippen molar-refractivity contribution in [3.05, 3.63) is 24.3 Å². The summed E-state index contributed by atoms with van der Waals surface area (Å²) in [5, 5.41) is 25.5. The van der Waals surface area contributed by atoms with Gasteiger partial charge >= 0.3 is 5.97 Å². The van der Waals surface area contributed by atoms with Crippen molar-refractivity contribution in [3.8, 4) is 0 Å². The number of amides is 2. The lowest BCUT2D eigenvalue weighted by Gasteiger charge is -2.72. The Morgan fingerprint density at radius 1 is 0.830 bits per heavy atom. The molecule has 4 N–H and O–H groups in total. The van der Waals surface area contributed by atoms with Crippen molar-refractivity contribution < 1.29 is 24.6 Å². The van der Waals surface area contributed by atoms with Gasteiger partial charge in [0.15, 0.2) is 0 Å². The zero-order chi connectivity index (χ0) is 34.4. The van der Waals surface area contributed by atoms with Crippen LogP contribution in [0.25, 0.3) is 0 Å². The zero-order valence-electron chi connectivity index (χ0n) is 30.3. The first-order chi connectivity index (χ1) is 22.0. The highest BCUT2D eigenvalue weighted by Gasteiger charge is 2.71. The van der Waals surface area contributed by atoms with Gasteiger partial charge in [-0.2, -0.15) is 0 Å². The van der Waals surface area contributed by atoms with Crippen LogP contribution in [0.5, 0.6) is 0 Å². The van der Waals surface area contributed by atoms with E-state index >= 15 is 0 Å².